The Bertz CT molecular complexity index is 1840. The normalized spacial score (nSPS) is 10.9. The summed E-state index contributed by atoms with van der Waals surface area (Å²) in [6, 6.07) is 31.7. The Labute approximate surface area is 238 Å². The van der Waals surface area contributed by atoms with Gasteiger partial charge >= 0.3 is 0 Å². The maximum Gasteiger partial charge on any atom is 0.266 e. The lowest BCUT2D eigenvalue weighted by atomic mass is 10.1. The summed E-state index contributed by atoms with van der Waals surface area (Å²) in [5.41, 5.74) is 3.58. The Morgan fingerprint density at radius 1 is 0.775 bits per heavy atom. The molecular weight excluding hydrogens is 541 g/mol. The van der Waals surface area contributed by atoms with Crippen LogP contribution in [0.5, 0.6) is 11.5 Å². The number of rotatable bonds is 7. The summed E-state index contributed by atoms with van der Waals surface area (Å²) >= 11 is 2.66. The minimum absolute atomic E-state index is 0.105. The minimum atomic E-state index is -0.320. The van der Waals surface area contributed by atoms with Crippen molar-refractivity contribution in [3.63, 3.8) is 0 Å². The topological polar surface area (TPSA) is 102 Å². The summed E-state index contributed by atoms with van der Waals surface area (Å²) in [4.78, 5) is 19.0. The number of ether oxygens (including phenoxy) is 2. The lowest BCUT2D eigenvalue weighted by Crippen LogP contribution is -2.19. The number of nitriles is 2. The second-order valence-corrected chi connectivity index (χ2v) is 10.6. The van der Waals surface area contributed by atoms with Crippen LogP contribution in [0.1, 0.15) is 4.88 Å². The van der Waals surface area contributed by atoms with Crippen molar-refractivity contribution >= 4 is 51.4 Å². The van der Waals surface area contributed by atoms with E-state index in [-0.39, 0.29) is 15.8 Å². The van der Waals surface area contributed by atoms with Gasteiger partial charge in [0.1, 0.15) is 28.3 Å². The van der Waals surface area contributed by atoms with E-state index < -0.39 is 0 Å². The predicted octanol–water partition coefficient (Wildman–Crippen LogP) is 5.68. The van der Waals surface area contributed by atoms with Gasteiger partial charge in [0.15, 0.2) is 5.57 Å². The van der Waals surface area contributed by atoms with Crippen molar-refractivity contribution in [3.8, 4) is 34.1 Å². The fraction of sp³-hybridized carbons (Fsp3) is 0.0645. The molecule has 9 heteroatoms. The average molecular weight is 563 g/mol. The quantitative estimate of drug-likeness (QED) is 0.274. The number of hydrogen-bond acceptors (Lipinski definition) is 8. The molecular formula is C31H22N4O3S2. The fourth-order valence-corrected chi connectivity index (χ4v) is 6.00. The number of H-pyrrole nitrogens is 1. The number of anilines is 3. The zero-order chi connectivity index (χ0) is 28.1. The van der Waals surface area contributed by atoms with Crippen molar-refractivity contribution in [3.05, 3.63) is 109 Å². The van der Waals surface area contributed by atoms with Crippen LogP contribution in [-0.4, -0.2) is 19.2 Å². The number of hydrogen-bond donors (Lipinski definition) is 1. The molecule has 0 atom stereocenters. The van der Waals surface area contributed by atoms with Gasteiger partial charge in [0.05, 0.1) is 18.8 Å². The molecule has 0 aliphatic carbocycles. The molecule has 0 saturated carbocycles. The van der Waals surface area contributed by atoms with E-state index >= 15 is 0 Å². The van der Waals surface area contributed by atoms with Gasteiger partial charge in [0.2, 0.25) is 0 Å². The molecule has 2 aromatic heterocycles. The zero-order valence-electron chi connectivity index (χ0n) is 21.5. The number of aromatic nitrogens is 1. The van der Waals surface area contributed by atoms with Gasteiger partial charge in [-0.05, 0) is 84.4 Å². The molecule has 0 spiro atoms. The van der Waals surface area contributed by atoms with Crippen molar-refractivity contribution in [2.75, 3.05) is 19.1 Å². The third kappa shape index (κ3) is 5.52. The van der Waals surface area contributed by atoms with Gasteiger partial charge in [-0.3, -0.25) is 4.79 Å². The summed E-state index contributed by atoms with van der Waals surface area (Å²) < 4.78 is 11.4. The zero-order valence-corrected chi connectivity index (χ0v) is 23.2. The molecule has 0 fully saturated rings. The van der Waals surface area contributed by atoms with Crippen LogP contribution in [0.15, 0.2) is 89.7 Å². The molecule has 196 valence electrons. The van der Waals surface area contributed by atoms with E-state index in [1.807, 2.05) is 72.8 Å². The lowest BCUT2D eigenvalue weighted by molar-refractivity contribution is 0.415. The molecule has 0 amide bonds. The van der Waals surface area contributed by atoms with E-state index in [1.165, 1.54) is 0 Å². The number of nitrogens with zero attached hydrogens (tertiary/aromatic N) is 3. The van der Waals surface area contributed by atoms with Gasteiger partial charge in [-0.25, -0.2) is 0 Å². The Hall–Kier alpha value is -5.09. The van der Waals surface area contributed by atoms with Crippen LogP contribution < -0.4 is 29.1 Å². The van der Waals surface area contributed by atoms with E-state index in [0.29, 0.717) is 4.53 Å². The van der Waals surface area contributed by atoms with Crippen LogP contribution in [0.4, 0.5) is 17.1 Å². The first-order valence-electron chi connectivity index (χ1n) is 12.1. The molecule has 0 bridgehead atoms. The average Bonchev–Trinajstić information content (AvgIpc) is 3.61. The second-order valence-electron chi connectivity index (χ2n) is 8.47. The highest BCUT2D eigenvalue weighted by Crippen LogP contribution is 2.37. The van der Waals surface area contributed by atoms with Gasteiger partial charge in [-0.1, -0.05) is 12.1 Å². The number of thiazole rings is 1. The van der Waals surface area contributed by atoms with Crippen molar-refractivity contribution < 1.29 is 9.47 Å². The Balaban J connectivity index is 1.47. The molecule has 1 N–H and O–H groups in total. The first-order chi connectivity index (χ1) is 19.5. The van der Waals surface area contributed by atoms with Crippen LogP contribution in [-0.2, 0) is 0 Å². The number of nitrogens with one attached hydrogen (secondary N) is 1. The molecule has 7 nitrogen and oxygen atoms in total. The Morgan fingerprint density at radius 2 is 1.30 bits per heavy atom. The maximum absolute atomic E-state index is 12.3. The molecule has 2 heterocycles. The van der Waals surface area contributed by atoms with Crippen LogP contribution in [0.2, 0.25) is 0 Å². The summed E-state index contributed by atoms with van der Waals surface area (Å²) in [5, 5.41) is 18.2. The lowest BCUT2D eigenvalue weighted by Gasteiger charge is -2.26. The number of methoxy groups -OCH3 is 2. The molecule has 40 heavy (non-hydrogen) atoms. The van der Waals surface area contributed by atoms with Crippen molar-refractivity contribution in [2.45, 2.75) is 0 Å². The standard InChI is InChI=1S/C31H22N4O3S2/c1-37-25-11-7-23(8-12-25)35(24-9-13-26(38-2)14-10-24)22-5-3-20(4-6-22)28-16-15-27(39-28)17-29-30(36)34-31(40-29)21(18-32)19-33/h3-17H,1-2H3,(H,34,36)/b29-17-. The number of aromatic amines is 1. The van der Waals surface area contributed by atoms with Crippen LogP contribution in [0, 0.1) is 22.7 Å². The van der Waals surface area contributed by atoms with E-state index in [0.717, 1.165) is 55.2 Å². The molecule has 0 unspecified atom stereocenters. The van der Waals surface area contributed by atoms with Crippen molar-refractivity contribution in [2.24, 2.45) is 0 Å². The molecule has 0 radical (unpaired) electrons. The summed E-state index contributed by atoms with van der Waals surface area (Å²) in [6.45, 7) is 0. The summed E-state index contributed by atoms with van der Waals surface area (Å²) in [5.74, 6) is 1.57. The van der Waals surface area contributed by atoms with Crippen LogP contribution in [0.3, 0.4) is 0 Å². The first kappa shape index (κ1) is 26.5. The molecule has 5 aromatic rings. The molecule has 0 saturated heterocycles. The van der Waals surface area contributed by atoms with Gasteiger partial charge in [-0.15, -0.1) is 22.7 Å². The van der Waals surface area contributed by atoms with Gasteiger partial charge in [0.25, 0.3) is 5.56 Å². The third-order valence-corrected chi connectivity index (χ3v) is 8.20. The van der Waals surface area contributed by atoms with Gasteiger partial charge in [-0.2, -0.15) is 10.5 Å². The number of benzene rings is 3. The van der Waals surface area contributed by atoms with E-state index in [1.54, 1.807) is 31.6 Å². The molecule has 0 aliphatic rings. The second kappa shape index (κ2) is 11.7. The Morgan fingerprint density at radius 3 is 1.80 bits per heavy atom. The van der Waals surface area contributed by atoms with Crippen molar-refractivity contribution in [1.29, 1.82) is 10.5 Å². The highest BCUT2D eigenvalue weighted by atomic mass is 32.1. The van der Waals surface area contributed by atoms with Crippen LogP contribution >= 0.6 is 22.7 Å². The predicted molar refractivity (Wildman–Crippen MR) is 160 cm³/mol. The van der Waals surface area contributed by atoms with Gasteiger partial charge in [0, 0.05) is 26.8 Å². The Kier molecular flexibility index (Phi) is 7.79. The SMILES string of the molecule is COc1ccc(N(c2ccc(OC)cc2)c2ccc(-c3ccc(/C=c4\sc(=C(C#N)C#N)[nH]c4=O)s3)cc2)cc1. The summed E-state index contributed by atoms with van der Waals surface area (Å²) in [6.07, 6.45) is 1.77. The van der Waals surface area contributed by atoms with E-state index in [9.17, 15) is 4.79 Å². The smallest absolute Gasteiger partial charge is 0.266 e. The van der Waals surface area contributed by atoms with Crippen LogP contribution in [0.25, 0.3) is 22.1 Å². The monoisotopic (exact) mass is 562 g/mol. The maximum atomic E-state index is 12.3. The highest BCUT2D eigenvalue weighted by molar-refractivity contribution is 7.16. The summed E-state index contributed by atoms with van der Waals surface area (Å²) in [7, 11) is 3.30. The largest absolute Gasteiger partial charge is 0.497 e. The number of thiophene rings is 1. The van der Waals surface area contributed by atoms with E-state index in [2.05, 4.69) is 34.1 Å². The van der Waals surface area contributed by atoms with Gasteiger partial charge < -0.3 is 19.4 Å². The molecule has 5 rings (SSSR count). The first-order valence-corrected chi connectivity index (χ1v) is 13.7. The molecule has 3 aromatic carbocycles. The third-order valence-electron chi connectivity index (χ3n) is 6.08. The fourth-order valence-electron chi connectivity index (χ4n) is 4.08. The highest BCUT2D eigenvalue weighted by Gasteiger charge is 2.14. The minimum Gasteiger partial charge on any atom is -0.497 e. The van der Waals surface area contributed by atoms with Crippen molar-refractivity contribution in [1.82, 2.24) is 4.98 Å². The van der Waals surface area contributed by atoms with E-state index in [4.69, 9.17) is 20.0 Å². The molecule has 0 aliphatic heterocycles.